The number of rotatable bonds is 8. The Morgan fingerprint density at radius 1 is 1.07 bits per heavy atom. The van der Waals surface area contributed by atoms with E-state index in [4.69, 9.17) is 23.2 Å². The zero-order valence-corrected chi connectivity index (χ0v) is 18.3. The standard InChI is InChI=1S/C19H19Cl2N3O2S2/c1-2-24-18(12-14-6-4-3-5-7-14)22-23-19(24)27-10-11-28(25,26)17-13-15(20)8-9-16(17)21/h3-9,13H,2,10-12H2,1H3. The summed E-state index contributed by atoms with van der Waals surface area (Å²) < 4.78 is 27.2. The SMILES string of the molecule is CCn1c(Cc2ccccc2)nnc1SCCS(=O)(=O)c1cc(Cl)ccc1Cl. The molecule has 148 valence electrons. The van der Waals surface area contributed by atoms with Crippen LogP contribution in [0.1, 0.15) is 18.3 Å². The molecule has 28 heavy (non-hydrogen) atoms. The molecule has 0 fully saturated rings. The lowest BCUT2D eigenvalue weighted by atomic mass is 10.1. The van der Waals surface area contributed by atoms with Gasteiger partial charge in [0.05, 0.1) is 15.7 Å². The van der Waals surface area contributed by atoms with E-state index >= 15 is 0 Å². The molecule has 0 unspecified atom stereocenters. The summed E-state index contributed by atoms with van der Waals surface area (Å²) in [6, 6.07) is 14.5. The van der Waals surface area contributed by atoms with Crippen molar-refractivity contribution in [2.75, 3.05) is 11.5 Å². The summed E-state index contributed by atoms with van der Waals surface area (Å²) in [5.41, 5.74) is 1.15. The monoisotopic (exact) mass is 455 g/mol. The van der Waals surface area contributed by atoms with Crippen LogP contribution in [0.5, 0.6) is 0 Å². The number of thioether (sulfide) groups is 1. The fourth-order valence-electron chi connectivity index (χ4n) is 2.72. The van der Waals surface area contributed by atoms with Crippen LogP contribution in [-0.4, -0.2) is 34.7 Å². The molecule has 5 nitrogen and oxygen atoms in total. The van der Waals surface area contributed by atoms with Gasteiger partial charge < -0.3 is 4.57 Å². The highest BCUT2D eigenvalue weighted by Crippen LogP contribution is 2.27. The fourth-order valence-corrected chi connectivity index (χ4v) is 6.20. The first kappa shape index (κ1) is 21.2. The first-order valence-electron chi connectivity index (χ1n) is 8.67. The van der Waals surface area contributed by atoms with Crippen molar-refractivity contribution in [1.82, 2.24) is 14.8 Å². The molecule has 0 atom stereocenters. The van der Waals surface area contributed by atoms with Crippen molar-refractivity contribution in [3.63, 3.8) is 0 Å². The lowest BCUT2D eigenvalue weighted by Crippen LogP contribution is -2.10. The van der Waals surface area contributed by atoms with Crippen molar-refractivity contribution in [1.29, 1.82) is 0 Å². The third-order valence-corrected chi connectivity index (χ3v) is 7.78. The smallest absolute Gasteiger partial charge is 0.191 e. The number of hydrogen-bond donors (Lipinski definition) is 0. The van der Waals surface area contributed by atoms with E-state index in [2.05, 4.69) is 10.2 Å². The maximum atomic E-state index is 12.6. The van der Waals surface area contributed by atoms with Crippen LogP contribution in [0.2, 0.25) is 10.0 Å². The molecule has 0 saturated carbocycles. The maximum Gasteiger partial charge on any atom is 0.191 e. The number of halogens is 2. The van der Waals surface area contributed by atoms with Crippen molar-refractivity contribution in [2.45, 2.75) is 29.9 Å². The van der Waals surface area contributed by atoms with E-state index in [1.54, 1.807) is 6.07 Å². The summed E-state index contributed by atoms with van der Waals surface area (Å²) in [4.78, 5) is 0.0593. The molecular weight excluding hydrogens is 437 g/mol. The Balaban J connectivity index is 1.68. The maximum absolute atomic E-state index is 12.6. The Morgan fingerprint density at radius 3 is 2.54 bits per heavy atom. The van der Waals surface area contributed by atoms with Crippen molar-refractivity contribution in [3.8, 4) is 0 Å². The lowest BCUT2D eigenvalue weighted by Gasteiger charge is -2.09. The van der Waals surface area contributed by atoms with Crippen LogP contribution in [0.15, 0.2) is 58.6 Å². The molecule has 0 saturated heterocycles. The van der Waals surface area contributed by atoms with Crippen LogP contribution in [-0.2, 0) is 22.8 Å². The van der Waals surface area contributed by atoms with Gasteiger partial charge in [-0.15, -0.1) is 10.2 Å². The van der Waals surface area contributed by atoms with Gasteiger partial charge in [-0.3, -0.25) is 0 Å². The van der Waals surface area contributed by atoms with E-state index in [1.807, 2.05) is 41.8 Å². The fraction of sp³-hybridized carbons (Fsp3) is 0.263. The van der Waals surface area contributed by atoms with Crippen molar-refractivity contribution >= 4 is 44.8 Å². The van der Waals surface area contributed by atoms with Crippen LogP contribution < -0.4 is 0 Å². The molecule has 3 aromatic rings. The minimum atomic E-state index is -3.54. The molecule has 0 aliphatic carbocycles. The highest BCUT2D eigenvalue weighted by molar-refractivity contribution is 8.00. The third kappa shape index (κ3) is 5.08. The first-order chi connectivity index (χ1) is 13.4. The van der Waals surface area contributed by atoms with Crippen molar-refractivity contribution in [3.05, 3.63) is 70.0 Å². The third-order valence-electron chi connectivity index (χ3n) is 4.13. The molecule has 1 heterocycles. The van der Waals surface area contributed by atoms with E-state index < -0.39 is 9.84 Å². The van der Waals surface area contributed by atoms with E-state index in [0.29, 0.717) is 28.9 Å². The van der Waals surface area contributed by atoms with Gasteiger partial charge in [0.15, 0.2) is 15.0 Å². The summed E-state index contributed by atoms with van der Waals surface area (Å²) in [7, 11) is -3.54. The minimum Gasteiger partial charge on any atom is -0.306 e. The minimum absolute atomic E-state index is 0.0593. The first-order valence-corrected chi connectivity index (χ1v) is 12.1. The van der Waals surface area contributed by atoms with Gasteiger partial charge in [0.2, 0.25) is 0 Å². The molecule has 0 spiro atoms. The number of nitrogens with zero attached hydrogens (tertiary/aromatic N) is 3. The summed E-state index contributed by atoms with van der Waals surface area (Å²) in [5, 5.41) is 9.75. The molecule has 0 aliphatic heterocycles. The van der Waals surface area contributed by atoms with Crippen molar-refractivity contribution < 1.29 is 8.42 Å². The number of sulfone groups is 1. The van der Waals surface area contributed by atoms with Gasteiger partial charge in [-0.2, -0.15) is 0 Å². The summed E-state index contributed by atoms with van der Waals surface area (Å²) in [5.74, 6) is 1.13. The summed E-state index contributed by atoms with van der Waals surface area (Å²) in [6.45, 7) is 2.73. The van der Waals surface area contributed by atoms with Crippen LogP contribution in [0.4, 0.5) is 0 Å². The van der Waals surface area contributed by atoms with E-state index in [1.165, 1.54) is 23.9 Å². The molecule has 0 amide bonds. The van der Waals surface area contributed by atoms with Gasteiger partial charge in [0, 0.05) is 23.7 Å². The van der Waals surface area contributed by atoms with E-state index in [-0.39, 0.29) is 15.7 Å². The predicted molar refractivity (Wildman–Crippen MR) is 114 cm³/mol. The average Bonchev–Trinajstić information content (AvgIpc) is 3.05. The quantitative estimate of drug-likeness (QED) is 0.458. The Kier molecular flexibility index (Phi) is 7.04. The molecule has 0 N–H and O–H groups in total. The van der Waals surface area contributed by atoms with Gasteiger partial charge >= 0.3 is 0 Å². The van der Waals surface area contributed by atoms with Gasteiger partial charge in [-0.05, 0) is 30.7 Å². The predicted octanol–water partition coefficient (Wildman–Crippen LogP) is 4.76. The van der Waals surface area contributed by atoms with Gasteiger partial charge in [-0.1, -0.05) is 65.3 Å². The Hall–Kier alpha value is -1.54. The van der Waals surface area contributed by atoms with Gasteiger partial charge in [0.25, 0.3) is 0 Å². The summed E-state index contributed by atoms with van der Waals surface area (Å²) >= 11 is 13.3. The molecular formula is C19H19Cl2N3O2S2. The highest BCUT2D eigenvalue weighted by atomic mass is 35.5. The zero-order chi connectivity index (χ0) is 20.1. The largest absolute Gasteiger partial charge is 0.306 e. The molecule has 0 bridgehead atoms. The molecule has 3 rings (SSSR count). The number of benzene rings is 2. The molecule has 1 aromatic heterocycles. The van der Waals surface area contributed by atoms with Crippen LogP contribution in [0, 0.1) is 0 Å². The Labute approximate surface area is 179 Å². The Bertz CT molecular complexity index is 1050. The van der Waals surface area contributed by atoms with E-state index in [0.717, 1.165) is 11.4 Å². The molecule has 0 aliphatic rings. The average molecular weight is 456 g/mol. The topological polar surface area (TPSA) is 64.8 Å². The van der Waals surface area contributed by atoms with Crippen LogP contribution in [0.3, 0.4) is 0 Å². The number of aromatic nitrogens is 3. The summed E-state index contributed by atoms with van der Waals surface area (Å²) in [6.07, 6.45) is 0.679. The van der Waals surface area contributed by atoms with E-state index in [9.17, 15) is 8.42 Å². The van der Waals surface area contributed by atoms with Crippen LogP contribution in [0.25, 0.3) is 0 Å². The van der Waals surface area contributed by atoms with Crippen molar-refractivity contribution in [2.24, 2.45) is 0 Å². The lowest BCUT2D eigenvalue weighted by molar-refractivity contribution is 0.597. The zero-order valence-electron chi connectivity index (χ0n) is 15.2. The van der Waals surface area contributed by atoms with Crippen LogP contribution >= 0.6 is 35.0 Å². The van der Waals surface area contributed by atoms with Gasteiger partial charge in [0.1, 0.15) is 5.82 Å². The normalized spacial score (nSPS) is 11.7. The second-order valence-electron chi connectivity index (χ2n) is 6.05. The van der Waals surface area contributed by atoms with Gasteiger partial charge in [-0.25, -0.2) is 8.42 Å². The molecule has 2 aromatic carbocycles. The molecule has 0 radical (unpaired) electrons. The second-order valence-corrected chi connectivity index (χ2v) is 10.0. The Morgan fingerprint density at radius 2 is 1.82 bits per heavy atom. The highest BCUT2D eigenvalue weighted by Gasteiger charge is 2.20. The second kappa shape index (κ2) is 9.31. The molecule has 9 heteroatoms. The number of hydrogen-bond acceptors (Lipinski definition) is 5.